The van der Waals surface area contributed by atoms with Crippen LogP contribution in [0.1, 0.15) is 28.5 Å². The minimum absolute atomic E-state index is 0.0193. The number of non-ortho nitro benzene ring substituents is 1. The first-order valence-corrected chi connectivity index (χ1v) is 8.29. The maximum Gasteiger partial charge on any atom is 0.272 e. The number of hydrogen-bond donors (Lipinski definition) is 0. The van der Waals surface area contributed by atoms with Crippen molar-refractivity contribution in [2.45, 2.75) is 12.8 Å². The van der Waals surface area contributed by atoms with Crippen molar-refractivity contribution in [3.05, 3.63) is 105 Å². The second kappa shape index (κ2) is 6.44. The number of aromatic nitrogens is 1. The van der Waals surface area contributed by atoms with E-state index in [1.54, 1.807) is 6.92 Å². The van der Waals surface area contributed by atoms with Gasteiger partial charge in [-0.05, 0) is 18.1 Å². The highest BCUT2D eigenvalue weighted by molar-refractivity contribution is 5.79. The molecule has 5 heteroatoms. The molecule has 0 aliphatic rings. The van der Waals surface area contributed by atoms with Crippen molar-refractivity contribution >= 4 is 16.8 Å². The topological polar surface area (TPSA) is 69.2 Å². The minimum atomic E-state index is -0.410. The van der Waals surface area contributed by atoms with Gasteiger partial charge in [-0.2, -0.15) is 0 Å². The van der Waals surface area contributed by atoms with Gasteiger partial charge in [0, 0.05) is 17.7 Å². The summed E-state index contributed by atoms with van der Waals surface area (Å²) in [6.45, 7) is 1.80. The molecule has 4 aromatic rings. The maximum atomic E-state index is 11.1. The Morgan fingerprint density at radius 3 is 2.08 bits per heavy atom. The number of benzene rings is 3. The molecule has 1 aromatic heterocycles. The Morgan fingerprint density at radius 1 is 0.962 bits per heavy atom. The zero-order valence-corrected chi connectivity index (χ0v) is 14.1. The first-order chi connectivity index (χ1) is 12.6. The summed E-state index contributed by atoms with van der Waals surface area (Å²) in [5.41, 5.74) is 3.92. The molecule has 1 heterocycles. The van der Waals surface area contributed by atoms with Gasteiger partial charge >= 0.3 is 0 Å². The fourth-order valence-electron chi connectivity index (χ4n) is 3.20. The molecule has 0 spiro atoms. The smallest absolute Gasteiger partial charge is 0.272 e. The molecule has 0 saturated heterocycles. The van der Waals surface area contributed by atoms with E-state index in [0.717, 1.165) is 11.1 Å². The first-order valence-electron chi connectivity index (χ1n) is 8.29. The zero-order valence-electron chi connectivity index (χ0n) is 14.1. The van der Waals surface area contributed by atoms with Crippen LogP contribution in [0.5, 0.6) is 0 Å². The number of aryl methyl sites for hydroxylation is 1. The standard InChI is InChI=1S/C21H16N2O3/c1-14-12-17(23(24)25)13-18-20(14)26-21(22-18)19(15-8-4-2-5-9-15)16-10-6-3-7-11-16/h2-13,19H,1H3. The third kappa shape index (κ3) is 2.84. The monoisotopic (exact) mass is 344 g/mol. The summed E-state index contributed by atoms with van der Waals surface area (Å²) in [4.78, 5) is 15.3. The third-order valence-corrected chi connectivity index (χ3v) is 4.40. The molecule has 0 atom stereocenters. The molecule has 0 N–H and O–H groups in total. The van der Waals surface area contributed by atoms with Crippen LogP contribution in [0.15, 0.2) is 77.2 Å². The van der Waals surface area contributed by atoms with Gasteiger partial charge in [0.25, 0.3) is 5.69 Å². The normalized spacial score (nSPS) is 11.2. The van der Waals surface area contributed by atoms with Crippen LogP contribution >= 0.6 is 0 Å². The van der Waals surface area contributed by atoms with Gasteiger partial charge in [0.05, 0.1) is 10.8 Å². The molecular weight excluding hydrogens is 328 g/mol. The van der Waals surface area contributed by atoms with Crippen molar-refractivity contribution in [1.82, 2.24) is 4.98 Å². The molecule has 5 nitrogen and oxygen atoms in total. The second-order valence-electron chi connectivity index (χ2n) is 6.17. The highest BCUT2D eigenvalue weighted by atomic mass is 16.6. The molecule has 0 amide bonds. The van der Waals surface area contributed by atoms with Crippen molar-refractivity contribution in [2.75, 3.05) is 0 Å². The van der Waals surface area contributed by atoms with Crippen molar-refractivity contribution < 1.29 is 9.34 Å². The van der Waals surface area contributed by atoms with Gasteiger partial charge in [-0.15, -0.1) is 0 Å². The van der Waals surface area contributed by atoms with Crippen LogP contribution in [0.25, 0.3) is 11.1 Å². The van der Waals surface area contributed by atoms with Crippen LogP contribution in [0.3, 0.4) is 0 Å². The summed E-state index contributed by atoms with van der Waals surface area (Å²) in [5.74, 6) is 0.351. The maximum absolute atomic E-state index is 11.1. The molecule has 0 fully saturated rings. The summed E-state index contributed by atoms with van der Waals surface area (Å²) in [6.07, 6.45) is 0. The molecule has 0 unspecified atom stereocenters. The van der Waals surface area contributed by atoms with E-state index in [-0.39, 0.29) is 11.6 Å². The van der Waals surface area contributed by atoms with E-state index in [1.165, 1.54) is 12.1 Å². The highest BCUT2D eigenvalue weighted by Crippen LogP contribution is 2.35. The van der Waals surface area contributed by atoms with E-state index in [1.807, 2.05) is 60.7 Å². The third-order valence-electron chi connectivity index (χ3n) is 4.40. The Labute approximate surface area is 150 Å². The molecule has 3 aromatic carbocycles. The average molecular weight is 344 g/mol. The van der Waals surface area contributed by atoms with Crippen LogP contribution in [0, 0.1) is 17.0 Å². The number of nitrogens with zero attached hydrogens (tertiary/aromatic N) is 2. The highest BCUT2D eigenvalue weighted by Gasteiger charge is 2.24. The Bertz CT molecular complexity index is 1030. The summed E-state index contributed by atoms with van der Waals surface area (Å²) in [7, 11) is 0. The first kappa shape index (κ1) is 16.0. The van der Waals surface area contributed by atoms with Gasteiger partial charge in [0.2, 0.25) is 5.89 Å². The fourth-order valence-corrected chi connectivity index (χ4v) is 3.20. The SMILES string of the molecule is Cc1cc([N+](=O)[O-])cc2nc(C(c3ccccc3)c3ccccc3)oc12. The molecule has 128 valence electrons. The summed E-state index contributed by atoms with van der Waals surface area (Å²) in [6, 6.07) is 22.9. The molecule has 0 bridgehead atoms. The van der Waals surface area contributed by atoms with E-state index in [4.69, 9.17) is 4.42 Å². The van der Waals surface area contributed by atoms with E-state index < -0.39 is 4.92 Å². The summed E-state index contributed by atoms with van der Waals surface area (Å²) < 4.78 is 6.07. The van der Waals surface area contributed by atoms with E-state index in [0.29, 0.717) is 22.6 Å². The predicted molar refractivity (Wildman–Crippen MR) is 99.2 cm³/mol. The molecule has 0 aliphatic heterocycles. The number of oxazole rings is 1. The summed E-state index contributed by atoms with van der Waals surface area (Å²) in [5, 5.41) is 11.1. The number of rotatable bonds is 4. The van der Waals surface area contributed by atoms with Crippen LogP contribution in [0.2, 0.25) is 0 Å². The molecule has 0 radical (unpaired) electrons. The molecule has 0 aliphatic carbocycles. The van der Waals surface area contributed by atoms with Gasteiger partial charge in [-0.3, -0.25) is 10.1 Å². The average Bonchev–Trinajstić information content (AvgIpc) is 3.08. The van der Waals surface area contributed by atoms with Gasteiger partial charge in [0.15, 0.2) is 5.58 Å². The van der Waals surface area contributed by atoms with Gasteiger partial charge in [-0.25, -0.2) is 4.98 Å². The zero-order chi connectivity index (χ0) is 18.1. The minimum Gasteiger partial charge on any atom is -0.439 e. The number of fused-ring (bicyclic) bond motifs is 1. The Kier molecular flexibility index (Phi) is 3.97. The lowest BCUT2D eigenvalue weighted by atomic mass is 9.91. The lowest BCUT2D eigenvalue weighted by molar-refractivity contribution is -0.384. The second-order valence-corrected chi connectivity index (χ2v) is 6.17. The van der Waals surface area contributed by atoms with Crippen LogP contribution < -0.4 is 0 Å². The van der Waals surface area contributed by atoms with Gasteiger partial charge in [-0.1, -0.05) is 60.7 Å². The largest absolute Gasteiger partial charge is 0.439 e. The van der Waals surface area contributed by atoms with E-state index >= 15 is 0 Å². The fraction of sp³-hybridized carbons (Fsp3) is 0.0952. The molecule has 4 rings (SSSR count). The van der Waals surface area contributed by atoms with E-state index in [2.05, 4.69) is 4.98 Å². The number of hydrogen-bond acceptors (Lipinski definition) is 4. The Morgan fingerprint density at radius 2 is 1.54 bits per heavy atom. The number of nitro groups is 1. The Hall–Kier alpha value is -3.47. The van der Waals surface area contributed by atoms with E-state index in [9.17, 15) is 10.1 Å². The van der Waals surface area contributed by atoms with Crippen LogP contribution in [-0.2, 0) is 0 Å². The number of nitro benzene ring substituents is 1. The van der Waals surface area contributed by atoms with Crippen LogP contribution in [-0.4, -0.2) is 9.91 Å². The predicted octanol–water partition coefficient (Wildman–Crippen LogP) is 5.22. The van der Waals surface area contributed by atoms with Crippen LogP contribution in [0.4, 0.5) is 5.69 Å². The summed E-state index contributed by atoms with van der Waals surface area (Å²) >= 11 is 0. The van der Waals surface area contributed by atoms with Gasteiger partial charge < -0.3 is 4.42 Å². The van der Waals surface area contributed by atoms with Crippen molar-refractivity contribution in [3.63, 3.8) is 0 Å². The quantitative estimate of drug-likeness (QED) is 0.376. The lowest BCUT2D eigenvalue weighted by Crippen LogP contribution is -2.03. The molecule has 0 saturated carbocycles. The van der Waals surface area contributed by atoms with Crippen molar-refractivity contribution in [3.8, 4) is 0 Å². The van der Waals surface area contributed by atoms with Gasteiger partial charge in [0.1, 0.15) is 5.52 Å². The van der Waals surface area contributed by atoms with Crippen molar-refractivity contribution in [1.29, 1.82) is 0 Å². The van der Waals surface area contributed by atoms with Crippen molar-refractivity contribution in [2.24, 2.45) is 0 Å². The lowest BCUT2D eigenvalue weighted by Gasteiger charge is -2.14. The Balaban J connectivity index is 1.91. The molecular formula is C21H16N2O3. The molecule has 26 heavy (non-hydrogen) atoms.